The molecule has 268 valence electrons. The number of quaternary nitrogens is 2. The number of carboxylic acid groups (broad SMARTS) is 2. The summed E-state index contributed by atoms with van der Waals surface area (Å²) in [7, 11) is 8.21. The maximum absolute atomic E-state index is 10.2. The summed E-state index contributed by atoms with van der Waals surface area (Å²) < 4.78 is 0. The van der Waals surface area contributed by atoms with Gasteiger partial charge in [-0.3, -0.25) is 20.2 Å². The van der Waals surface area contributed by atoms with Gasteiger partial charge in [-0.15, -0.1) is 0 Å². The molecule has 0 aromatic heterocycles. The molecule has 0 saturated heterocycles. The largest absolute Gasteiger partial charge is 0.545 e. The zero-order chi connectivity index (χ0) is 38.0. The third-order valence-corrected chi connectivity index (χ3v) is 7.68. The van der Waals surface area contributed by atoms with E-state index in [4.69, 9.17) is 0 Å². The highest BCUT2D eigenvalue weighted by atomic mass is 16.6. The minimum absolute atomic E-state index is 0.0689. The molecular weight excluding hydrogens is 648 g/mol. The zero-order valence-corrected chi connectivity index (χ0v) is 28.8. The van der Waals surface area contributed by atoms with Crippen LogP contribution in [0.1, 0.15) is 57.9 Å². The van der Waals surface area contributed by atoms with Crippen LogP contribution in [0, 0.1) is 20.2 Å². The number of hydrogen-bond acceptors (Lipinski definition) is 10. The normalized spacial score (nSPS) is 12.7. The van der Waals surface area contributed by atoms with E-state index in [2.05, 4.69) is 28.2 Å². The van der Waals surface area contributed by atoms with E-state index in [0.29, 0.717) is 0 Å². The molecule has 14 heteroatoms. The number of benzene rings is 4. The lowest BCUT2D eigenvalue weighted by Gasteiger charge is -2.22. The molecule has 0 radical (unpaired) electrons. The summed E-state index contributed by atoms with van der Waals surface area (Å²) in [5.41, 5.74) is 1.58. The topological polar surface area (TPSA) is 216 Å². The van der Waals surface area contributed by atoms with Crippen molar-refractivity contribution in [2.45, 2.75) is 38.1 Å². The highest BCUT2D eigenvalue weighted by Gasteiger charge is 2.21. The van der Waals surface area contributed by atoms with Crippen molar-refractivity contribution in [3.8, 4) is 0 Å². The summed E-state index contributed by atoms with van der Waals surface area (Å²) >= 11 is 0. The van der Waals surface area contributed by atoms with Crippen molar-refractivity contribution < 1.29 is 49.7 Å². The Balaban J connectivity index is 0.000000334. The Morgan fingerprint density at radius 2 is 0.800 bits per heavy atom. The average Bonchev–Trinajstić information content (AvgIpc) is 3.11. The molecule has 0 saturated carbocycles. The maximum atomic E-state index is 10.2. The highest BCUT2D eigenvalue weighted by Crippen LogP contribution is 2.15. The van der Waals surface area contributed by atoms with Crippen LogP contribution in [-0.2, 0) is 0 Å². The van der Waals surface area contributed by atoms with Crippen LogP contribution in [-0.4, -0.2) is 72.3 Å². The van der Waals surface area contributed by atoms with Gasteiger partial charge in [0.05, 0.1) is 50.0 Å². The Bertz CT molecular complexity index is 1430. The molecule has 0 heterocycles. The minimum Gasteiger partial charge on any atom is -0.545 e. The quantitative estimate of drug-likeness (QED) is 0.133. The highest BCUT2D eigenvalue weighted by molar-refractivity contribution is 5.86. The number of nitrogens with zero attached hydrogens (tertiary/aromatic N) is 2. The molecule has 0 fully saturated rings. The van der Waals surface area contributed by atoms with Crippen molar-refractivity contribution >= 4 is 23.3 Å². The maximum Gasteiger partial charge on any atom is 0.269 e. The van der Waals surface area contributed by atoms with Gasteiger partial charge in [0.1, 0.15) is 24.3 Å². The van der Waals surface area contributed by atoms with Crippen LogP contribution in [0.3, 0.4) is 0 Å². The lowest BCUT2D eigenvalue weighted by atomic mass is 10.0. The van der Waals surface area contributed by atoms with E-state index in [0.717, 1.165) is 59.7 Å². The van der Waals surface area contributed by atoms with Crippen LogP contribution in [0.5, 0.6) is 0 Å². The second-order valence-electron chi connectivity index (χ2n) is 11.6. The summed E-state index contributed by atoms with van der Waals surface area (Å²) in [4.78, 5) is 42.0. The fourth-order valence-corrected chi connectivity index (χ4v) is 3.95. The SMILES string of the molecule is C[C@@H]([C@H](O)c1ccccc1)[NH+](C)C.C[C@@H]([C@H](O)c1ccccc1)[NH+](C)C.O=C([O-])c1ccc([N+](=O)[O-])cc1.O=C([O-])c1ccc([N+](=O)[O-])cc1. The van der Waals surface area contributed by atoms with Crippen LogP contribution >= 0.6 is 0 Å². The molecule has 0 bridgehead atoms. The number of rotatable bonds is 10. The number of nitro groups is 2. The van der Waals surface area contributed by atoms with E-state index < -0.39 is 21.8 Å². The number of carbonyl (C=O) groups excluding carboxylic acids is 2. The predicted octanol–water partition coefficient (Wildman–Crippen LogP) is 0.423. The van der Waals surface area contributed by atoms with Gasteiger partial charge in [-0.2, -0.15) is 0 Å². The van der Waals surface area contributed by atoms with Gasteiger partial charge in [0, 0.05) is 24.3 Å². The molecule has 0 spiro atoms. The van der Waals surface area contributed by atoms with Gasteiger partial charge < -0.3 is 39.8 Å². The first kappa shape index (κ1) is 42.5. The lowest BCUT2D eigenvalue weighted by molar-refractivity contribution is -0.888. The Hall–Kier alpha value is -5.54. The van der Waals surface area contributed by atoms with Crippen molar-refractivity contribution in [2.75, 3.05) is 28.2 Å². The van der Waals surface area contributed by atoms with Crippen LogP contribution in [0.25, 0.3) is 0 Å². The monoisotopic (exact) mass is 692 g/mol. The number of aliphatic hydroxyl groups is 2. The van der Waals surface area contributed by atoms with Crippen molar-refractivity contribution in [2.24, 2.45) is 0 Å². The van der Waals surface area contributed by atoms with Crippen LogP contribution < -0.4 is 20.0 Å². The number of carboxylic acids is 2. The second kappa shape index (κ2) is 21.4. The average molecular weight is 693 g/mol. The molecule has 4 aromatic rings. The van der Waals surface area contributed by atoms with Crippen molar-refractivity contribution in [3.05, 3.63) is 152 Å². The summed E-state index contributed by atoms with van der Waals surface area (Å²) in [6.45, 7) is 4.10. The summed E-state index contributed by atoms with van der Waals surface area (Å²) in [6, 6.07) is 29.0. The molecule has 4 N–H and O–H groups in total. The van der Waals surface area contributed by atoms with Crippen molar-refractivity contribution in [3.63, 3.8) is 0 Å². The van der Waals surface area contributed by atoms with Gasteiger partial charge in [0.15, 0.2) is 0 Å². The second-order valence-corrected chi connectivity index (χ2v) is 11.6. The fourth-order valence-electron chi connectivity index (χ4n) is 3.95. The number of aromatic carboxylic acids is 2. The summed E-state index contributed by atoms with van der Waals surface area (Å²) in [6.07, 6.45) is -0.739. The smallest absolute Gasteiger partial charge is 0.269 e. The number of nitrogens with one attached hydrogen (secondary N) is 2. The van der Waals surface area contributed by atoms with Crippen LogP contribution in [0.2, 0.25) is 0 Å². The molecule has 4 rings (SSSR count). The summed E-state index contributed by atoms with van der Waals surface area (Å²) in [5.74, 6) is -2.69. The fraction of sp³-hybridized carbons (Fsp3) is 0.278. The third-order valence-electron chi connectivity index (χ3n) is 7.68. The molecule has 50 heavy (non-hydrogen) atoms. The Kier molecular flexibility index (Phi) is 18.2. The number of hydrogen-bond donors (Lipinski definition) is 4. The Morgan fingerprint density at radius 1 is 0.540 bits per heavy atom. The molecule has 0 aliphatic carbocycles. The van der Waals surface area contributed by atoms with Crippen LogP contribution in [0.4, 0.5) is 11.4 Å². The Labute approximate surface area is 290 Å². The van der Waals surface area contributed by atoms with E-state index >= 15 is 0 Å². The molecular formula is C36H44N4O10. The standard InChI is InChI=1S/2C11H17NO.2C7H5NO4/c2*1-9(12(2)3)11(13)10-7-5-4-6-8-10;2*9-7(10)5-1-3-6(4-2-5)8(11)12/h2*4-9,11,13H,1-3H3;2*1-4H,(H,9,10)/t2*9-,11-;;/m00../s1. The molecule has 0 unspecified atom stereocenters. The van der Waals surface area contributed by atoms with Gasteiger partial charge in [-0.05, 0) is 60.4 Å². The van der Waals surface area contributed by atoms with E-state index in [-0.39, 0.29) is 46.8 Å². The zero-order valence-electron chi connectivity index (χ0n) is 28.8. The molecule has 0 amide bonds. The van der Waals surface area contributed by atoms with Gasteiger partial charge in [0.2, 0.25) is 0 Å². The lowest BCUT2D eigenvalue weighted by Crippen LogP contribution is -3.10. The van der Waals surface area contributed by atoms with Crippen LogP contribution in [0.15, 0.2) is 109 Å². The van der Waals surface area contributed by atoms with Crippen molar-refractivity contribution in [1.82, 2.24) is 0 Å². The predicted molar refractivity (Wildman–Crippen MR) is 182 cm³/mol. The van der Waals surface area contributed by atoms with E-state index in [9.17, 15) is 50.2 Å². The van der Waals surface area contributed by atoms with Gasteiger partial charge in [-0.25, -0.2) is 0 Å². The van der Waals surface area contributed by atoms with E-state index in [1.807, 2.05) is 74.5 Å². The molecule has 4 atom stereocenters. The third kappa shape index (κ3) is 14.7. The molecule has 4 aromatic carbocycles. The summed E-state index contributed by atoms with van der Waals surface area (Å²) in [5, 5.41) is 60.5. The van der Waals surface area contributed by atoms with Gasteiger partial charge in [-0.1, -0.05) is 60.7 Å². The van der Waals surface area contributed by atoms with Gasteiger partial charge >= 0.3 is 0 Å². The number of non-ortho nitro benzene ring substituents is 2. The molecule has 0 aliphatic rings. The number of aliphatic hydroxyl groups excluding tert-OH is 2. The Morgan fingerprint density at radius 3 is 1.00 bits per heavy atom. The number of likely N-dealkylation sites (N-methyl/N-ethyl adjacent to an activating group) is 2. The number of carbonyl (C=O) groups is 2. The number of nitro benzene ring substituents is 2. The van der Waals surface area contributed by atoms with E-state index in [1.165, 1.54) is 9.80 Å². The van der Waals surface area contributed by atoms with Gasteiger partial charge in [0.25, 0.3) is 11.4 Å². The van der Waals surface area contributed by atoms with Crippen molar-refractivity contribution in [1.29, 1.82) is 0 Å². The molecule has 0 aliphatic heterocycles. The van der Waals surface area contributed by atoms with E-state index in [1.54, 1.807) is 0 Å². The first-order valence-corrected chi connectivity index (χ1v) is 15.5. The minimum atomic E-state index is -1.34. The first-order valence-electron chi connectivity index (χ1n) is 15.5. The first-order chi connectivity index (χ1) is 23.5. The molecule has 14 nitrogen and oxygen atoms in total.